The number of aliphatic hydroxyl groups excluding tert-OH is 1. The van der Waals surface area contributed by atoms with Crippen LogP contribution in [0, 0.1) is 5.82 Å². The molecule has 1 aliphatic heterocycles. The van der Waals surface area contributed by atoms with Crippen LogP contribution in [0.1, 0.15) is 24.2 Å². The van der Waals surface area contributed by atoms with E-state index in [2.05, 4.69) is 0 Å². The number of aliphatic hydroxyl groups is 1. The molecule has 2 unspecified atom stereocenters. The van der Waals surface area contributed by atoms with Crippen molar-refractivity contribution in [1.29, 1.82) is 0 Å². The van der Waals surface area contributed by atoms with E-state index in [1.54, 1.807) is 13.0 Å². The van der Waals surface area contributed by atoms with Gasteiger partial charge in [0.15, 0.2) is 0 Å². The fraction of sp³-hybridized carbons (Fsp3) is 0.333. The number of rotatable bonds is 3. The molecule has 4 heteroatoms. The molecule has 0 spiro atoms. The lowest BCUT2D eigenvalue weighted by atomic mass is 10.1. The van der Waals surface area contributed by atoms with Crippen molar-refractivity contribution in [2.45, 2.75) is 32.1 Å². The predicted octanol–water partition coefficient (Wildman–Crippen LogP) is 2.68. The third-order valence-electron chi connectivity index (χ3n) is 3.43. The van der Waals surface area contributed by atoms with Gasteiger partial charge in [-0.25, -0.2) is 4.39 Å². The van der Waals surface area contributed by atoms with Gasteiger partial charge in [0.05, 0.1) is 12.6 Å². The van der Waals surface area contributed by atoms with Crippen LogP contribution in [0.2, 0.25) is 0 Å². The highest BCUT2D eigenvalue weighted by atomic mass is 19.1. The van der Waals surface area contributed by atoms with Gasteiger partial charge in [-0.1, -0.05) is 0 Å². The summed E-state index contributed by atoms with van der Waals surface area (Å²) in [6.45, 7) is 2.44. The zero-order valence-electron chi connectivity index (χ0n) is 10.7. The smallest absolute Gasteiger partial charge is 0.123 e. The maximum Gasteiger partial charge on any atom is 0.123 e. The fourth-order valence-electron chi connectivity index (χ4n) is 2.45. The summed E-state index contributed by atoms with van der Waals surface area (Å²) in [6, 6.07) is 6.53. The van der Waals surface area contributed by atoms with Gasteiger partial charge in [0.2, 0.25) is 0 Å². The van der Waals surface area contributed by atoms with Gasteiger partial charge >= 0.3 is 0 Å². The maximum absolute atomic E-state index is 13.1. The number of fused-ring (bicyclic) bond motifs is 1. The summed E-state index contributed by atoms with van der Waals surface area (Å²) in [5.74, 6) is 0.551. The number of nitrogens with zero attached hydrogens (tertiary/aromatic N) is 1. The Kier molecular flexibility index (Phi) is 3.03. The van der Waals surface area contributed by atoms with Gasteiger partial charge in [-0.15, -0.1) is 0 Å². The average Bonchev–Trinajstić information content (AvgIpc) is 2.95. The Balaban J connectivity index is 1.69. The standard InChI is InChI=1S/C15H16FNO2/c1-10(18)11-4-5-17(8-11)9-14-7-12-6-13(16)2-3-15(12)19-14/h2-6,8,10,14,18H,7,9H2,1H3. The van der Waals surface area contributed by atoms with Crippen LogP contribution in [0.3, 0.4) is 0 Å². The van der Waals surface area contributed by atoms with Crippen molar-refractivity contribution in [3.8, 4) is 5.75 Å². The van der Waals surface area contributed by atoms with Gasteiger partial charge in [0.1, 0.15) is 17.7 Å². The molecule has 3 rings (SSSR count). The van der Waals surface area contributed by atoms with Crippen LogP contribution in [0.15, 0.2) is 36.7 Å². The van der Waals surface area contributed by atoms with Gasteiger partial charge in [-0.2, -0.15) is 0 Å². The van der Waals surface area contributed by atoms with E-state index < -0.39 is 6.10 Å². The van der Waals surface area contributed by atoms with E-state index in [0.717, 1.165) is 23.3 Å². The molecule has 1 aromatic heterocycles. The minimum atomic E-state index is -0.461. The molecule has 0 aliphatic carbocycles. The first-order valence-electron chi connectivity index (χ1n) is 6.40. The molecule has 2 heterocycles. The fourth-order valence-corrected chi connectivity index (χ4v) is 2.45. The van der Waals surface area contributed by atoms with Crippen LogP contribution in [0.5, 0.6) is 5.75 Å². The zero-order chi connectivity index (χ0) is 13.4. The molecule has 100 valence electrons. The van der Waals surface area contributed by atoms with Crippen LogP contribution in [0.25, 0.3) is 0 Å². The number of ether oxygens (including phenoxy) is 1. The van der Waals surface area contributed by atoms with Gasteiger partial charge in [0.25, 0.3) is 0 Å². The second-order valence-electron chi connectivity index (χ2n) is 5.01. The topological polar surface area (TPSA) is 34.4 Å². The van der Waals surface area contributed by atoms with Crippen molar-refractivity contribution < 1.29 is 14.2 Å². The molecule has 2 aromatic rings. The van der Waals surface area contributed by atoms with Gasteiger partial charge in [-0.3, -0.25) is 0 Å². The Hall–Kier alpha value is -1.81. The monoisotopic (exact) mass is 261 g/mol. The van der Waals surface area contributed by atoms with E-state index in [-0.39, 0.29) is 11.9 Å². The quantitative estimate of drug-likeness (QED) is 0.921. The Morgan fingerprint density at radius 2 is 2.32 bits per heavy atom. The van der Waals surface area contributed by atoms with Gasteiger partial charge in [-0.05, 0) is 36.8 Å². The molecule has 3 nitrogen and oxygen atoms in total. The molecule has 0 amide bonds. The Bertz CT molecular complexity index is 592. The number of benzene rings is 1. The van der Waals surface area contributed by atoms with Crippen LogP contribution in [-0.2, 0) is 13.0 Å². The predicted molar refractivity (Wildman–Crippen MR) is 69.6 cm³/mol. The minimum Gasteiger partial charge on any atom is -0.488 e. The molecule has 0 radical (unpaired) electrons. The largest absolute Gasteiger partial charge is 0.488 e. The van der Waals surface area contributed by atoms with Crippen molar-refractivity contribution in [3.63, 3.8) is 0 Å². The number of aromatic nitrogens is 1. The number of hydrogen-bond donors (Lipinski definition) is 1. The second-order valence-corrected chi connectivity index (χ2v) is 5.01. The SMILES string of the molecule is CC(O)c1ccn(CC2Cc3cc(F)ccc3O2)c1. The summed E-state index contributed by atoms with van der Waals surface area (Å²) in [7, 11) is 0. The van der Waals surface area contributed by atoms with Crippen molar-refractivity contribution in [2.75, 3.05) is 0 Å². The normalized spacial score (nSPS) is 19.0. The third kappa shape index (κ3) is 2.49. The Morgan fingerprint density at radius 3 is 3.05 bits per heavy atom. The van der Waals surface area contributed by atoms with Gasteiger partial charge < -0.3 is 14.4 Å². The summed E-state index contributed by atoms with van der Waals surface area (Å²) in [5.41, 5.74) is 1.81. The van der Waals surface area contributed by atoms with E-state index in [0.29, 0.717) is 6.54 Å². The molecule has 1 aliphatic rings. The highest BCUT2D eigenvalue weighted by Crippen LogP contribution is 2.30. The van der Waals surface area contributed by atoms with Crippen molar-refractivity contribution in [1.82, 2.24) is 4.57 Å². The second kappa shape index (κ2) is 4.70. The lowest BCUT2D eigenvalue weighted by Crippen LogP contribution is -2.19. The Morgan fingerprint density at radius 1 is 1.47 bits per heavy atom. The Labute approximate surface area is 111 Å². The molecular formula is C15H16FNO2. The summed E-state index contributed by atoms with van der Waals surface area (Å²) in [4.78, 5) is 0. The summed E-state index contributed by atoms with van der Waals surface area (Å²) in [5, 5.41) is 9.48. The summed E-state index contributed by atoms with van der Waals surface area (Å²) in [6.07, 6.45) is 4.12. The third-order valence-corrected chi connectivity index (χ3v) is 3.43. The van der Waals surface area contributed by atoms with Crippen LogP contribution >= 0.6 is 0 Å². The first-order valence-corrected chi connectivity index (χ1v) is 6.40. The van der Waals surface area contributed by atoms with Gasteiger partial charge in [0, 0.05) is 24.4 Å². The summed E-state index contributed by atoms with van der Waals surface area (Å²) < 4.78 is 20.9. The highest BCUT2D eigenvalue weighted by molar-refractivity contribution is 5.37. The molecular weight excluding hydrogens is 245 g/mol. The molecule has 0 bridgehead atoms. The maximum atomic E-state index is 13.1. The van der Waals surface area contributed by atoms with E-state index in [4.69, 9.17) is 4.74 Å². The molecule has 1 aromatic carbocycles. The summed E-state index contributed by atoms with van der Waals surface area (Å²) >= 11 is 0. The number of halogens is 1. The van der Waals surface area contributed by atoms with E-state index in [1.807, 2.05) is 23.0 Å². The van der Waals surface area contributed by atoms with Crippen LogP contribution in [0.4, 0.5) is 4.39 Å². The van der Waals surface area contributed by atoms with Crippen molar-refractivity contribution in [3.05, 3.63) is 53.6 Å². The van der Waals surface area contributed by atoms with Crippen molar-refractivity contribution >= 4 is 0 Å². The van der Waals surface area contributed by atoms with E-state index >= 15 is 0 Å². The molecule has 0 saturated carbocycles. The zero-order valence-corrected chi connectivity index (χ0v) is 10.7. The van der Waals surface area contributed by atoms with E-state index in [1.165, 1.54) is 12.1 Å². The number of hydrogen-bond acceptors (Lipinski definition) is 2. The molecule has 0 fully saturated rings. The van der Waals surface area contributed by atoms with Crippen LogP contribution < -0.4 is 4.74 Å². The van der Waals surface area contributed by atoms with Crippen molar-refractivity contribution in [2.24, 2.45) is 0 Å². The molecule has 19 heavy (non-hydrogen) atoms. The highest BCUT2D eigenvalue weighted by Gasteiger charge is 2.23. The minimum absolute atomic E-state index is 0.0195. The first-order chi connectivity index (χ1) is 9.11. The lowest BCUT2D eigenvalue weighted by Gasteiger charge is -2.11. The molecule has 0 saturated heterocycles. The average molecular weight is 261 g/mol. The van der Waals surface area contributed by atoms with Crippen LogP contribution in [-0.4, -0.2) is 15.8 Å². The molecule has 2 atom stereocenters. The first kappa shape index (κ1) is 12.2. The molecule has 1 N–H and O–H groups in total. The van der Waals surface area contributed by atoms with E-state index in [9.17, 15) is 9.50 Å². The lowest BCUT2D eigenvalue weighted by molar-refractivity contribution is 0.197.